The summed E-state index contributed by atoms with van der Waals surface area (Å²) < 4.78 is 0. The fourth-order valence-electron chi connectivity index (χ4n) is 1.48. The van der Waals surface area contributed by atoms with Crippen molar-refractivity contribution in [2.24, 2.45) is 5.92 Å². The predicted molar refractivity (Wildman–Crippen MR) is 71.8 cm³/mol. The Bertz CT molecular complexity index is 215. The van der Waals surface area contributed by atoms with Gasteiger partial charge in [-0.15, -0.1) is 10.1 Å². The first-order chi connectivity index (χ1) is 6.30. The van der Waals surface area contributed by atoms with Crippen LogP contribution in [0.3, 0.4) is 0 Å². The highest BCUT2D eigenvalue weighted by molar-refractivity contribution is 8.65. The number of unbranched alkanes of at least 4 members (excludes halogenated alkanes) is 1. The number of hydrogen-bond acceptors (Lipinski definition) is 0. The van der Waals surface area contributed by atoms with E-state index in [0.29, 0.717) is 11.2 Å². The van der Waals surface area contributed by atoms with E-state index in [1.165, 1.54) is 0 Å². The molecule has 0 aliphatic heterocycles. The van der Waals surface area contributed by atoms with Crippen molar-refractivity contribution in [3.8, 4) is 0 Å². The summed E-state index contributed by atoms with van der Waals surface area (Å²) in [6, 6.07) is 0. The average Bonchev–Trinajstić information content (AvgIpc) is 2.02. The fraction of sp³-hybridized carbons (Fsp3) is 1.00. The van der Waals surface area contributed by atoms with Gasteiger partial charge in [0, 0.05) is 5.25 Å². The molecule has 0 saturated carbocycles. The Kier molecular flexibility index (Phi) is 7.09. The highest BCUT2D eigenvalue weighted by Gasteiger charge is 2.20. The molecular weight excluding hydrogens is 235 g/mol. The molecule has 2 unspecified atom stereocenters. The molecule has 0 spiro atoms. The Balaban J connectivity index is 4.67. The smallest absolute Gasteiger partial charge is 0.198 e. The molecule has 14 heavy (non-hydrogen) atoms. The van der Waals surface area contributed by atoms with E-state index >= 15 is 0 Å². The topological polar surface area (TPSA) is 40.5 Å². The van der Waals surface area contributed by atoms with Crippen LogP contribution in [0.5, 0.6) is 0 Å². The Morgan fingerprint density at radius 1 is 1.36 bits per heavy atom. The maximum atomic E-state index is 9.55. The molecule has 2 atom stereocenters. The summed E-state index contributed by atoms with van der Waals surface area (Å²) in [5, 5.41) is 0.399. The molecule has 0 saturated heterocycles. The summed E-state index contributed by atoms with van der Waals surface area (Å²) in [5.74, 6) is 0.501. The molecule has 0 fully saturated rings. The Labute approximate surface area is 95.4 Å². The number of thiol groups is 1. The van der Waals surface area contributed by atoms with Gasteiger partial charge in [0.2, 0.25) is 0 Å². The lowest BCUT2D eigenvalue weighted by Crippen LogP contribution is -2.21. The van der Waals surface area contributed by atoms with Crippen molar-refractivity contribution >= 4 is 28.0 Å². The minimum absolute atomic E-state index is 0.370. The van der Waals surface area contributed by atoms with Gasteiger partial charge in [-0.1, -0.05) is 45.9 Å². The highest BCUT2D eigenvalue weighted by atomic mass is 32.9. The van der Waals surface area contributed by atoms with E-state index in [4.69, 9.17) is 0 Å². The molecule has 0 aromatic rings. The van der Waals surface area contributed by atoms with E-state index in [2.05, 4.69) is 33.0 Å². The molecule has 88 valence electrons. The van der Waals surface area contributed by atoms with Crippen LogP contribution in [0.2, 0.25) is 0 Å². The Morgan fingerprint density at radius 2 is 1.86 bits per heavy atom. The fourth-order valence-corrected chi connectivity index (χ4v) is 6.37. The van der Waals surface area contributed by atoms with Gasteiger partial charge in [0.1, 0.15) is 0 Å². The van der Waals surface area contributed by atoms with Gasteiger partial charge >= 0.3 is 0 Å². The minimum Gasteiger partial charge on any atom is -0.341 e. The molecule has 0 radical (unpaired) electrons. The van der Waals surface area contributed by atoms with Crippen molar-refractivity contribution in [2.75, 3.05) is 6.26 Å². The van der Waals surface area contributed by atoms with Gasteiger partial charge in [0.15, 0.2) is 5.69 Å². The van der Waals surface area contributed by atoms with Gasteiger partial charge < -0.3 is 9.79 Å². The molecule has 0 aliphatic carbocycles. The maximum Gasteiger partial charge on any atom is 0.198 e. The molecule has 0 heterocycles. The van der Waals surface area contributed by atoms with Crippen molar-refractivity contribution in [3.63, 3.8) is 0 Å². The molecule has 0 aliphatic rings. The molecule has 5 heteroatoms. The van der Waals surface area contributed by atoms with Crippen molar-refractivity contribution in [2.45, 2.75) is 45.3 Å². The largest absolute Gasteiger partial charge is 0.341 e. The normalized spacial score (nSPS) is 17.1. The van der Waals surface area contributed by atoms with Crippen LogP contribution in [0.25, 0.3) is 0 Å². The molecule has 2 nitrogen and oxygen atoms in total. The van der Waals surface area contributed by atoms with Crippen molar-refractivity contribution in [1.29, 1.82) is 0 Å². The SMILES string of the molecule is CCCCC(C(C)C)S(C)=P(O)(O)S. The molecule has 0 bridgehead atoms. The molecular formula is C9H23O2PS2. The zero-order valence-corrected chi connectivity index (χ0v) is 12.1. The first kappa shape index (κ1) is 15.0. The maximum absolute atomic E-state index is 9.55. The minimum atomic E-state index is -2.93. The second-order valence-corrected chi connectivity index (χ2v) is 12.4. The molecule has 0 amide bonds. The first-order valence-electron chi connectivity index (χ1n) is 5.03. The number of rotatable bonds is 5. The third-order valence-corrected chi connectivity index (χ3v) is 10.3. The first-order valence-corrected chi connectivity index (χ1v) is 10.2. The van der Waals surface area contributed by atoms with Crippen LogP contribution in [0.1, 0.15) is 40.0 Å². The lowest BCUT2D eigenvalue weighted by Gasteiger charge is -2.25. The van der Waals surface area contributed by atoms with Gasteiger partial charge in [0.25, 0.3) is 0 Å². The van der Waals surface area contributed by atoms with Crippen LogP contribution >= 0.6 is 17.9 Å². The van der Waals surface area contributed by atoms with E-state index in [9.17, 15) is 9.79 Å². The monoisotopic (exact) mass is 258 g/mol. The van der Waals surface area contributed by atoms with E-state index in [0.717, 1.165) is 19.3 Å². The lowest BCUT2D eigenvalue weighted by atomic mass is 10.1. The second-order valence-electron chi connectivity index (χ2n) is 3.96. The standard InChI is InChI=1S/C9H23O2PS2/c1-5-6-7-9(8(2)3)14(4)12(10,11)13/h8-11,13H,5-7H2,1-4H3. The summed E-state index contributed by atoms with van der Waals surface area (Å²) in [7, 11) is -0.370. The van der Waals surface area contributed by atoms with Crippen LogP contribution in [0.15, 0.2) is 0 Å². The Hall–Kier alpha value is 1.05. The third kappa shape index (κ3) is 5.22. The average molecular weight is 258 g/mol. The predicted octanol–water partition coefficient (Wildman–Crippen LogP) is 3.04. The van der Waals surface area contributed by atoms with Gasteiger partial charge in [0.05, 0.1) is 0 Å². The van der Waals surface area contributed by atoms with Gasteiger partial charge in [-0.2, -0.15) is 0 Å². The second kappa shape index (κ2) is 6.59. The van der Waals surface area contributed by atoms with Crippen LogP contribution in [-0.2, 0) is 10.1 Å². The van der Waals surface area contributed by atoms with Crippen molar-refractivity contribution < 1.29 is 9.79 Å². The zero-order chi connectivity index (χ0) is 11.4. The highest BCUT2D eigenvalue weighted by Crippen LogP contribution is 2.48. The van der Waals surface area contributed by atoms with E-state index in [1.807, 2.05) is 6.26 Å². The van der Waals surface area contributed by atoms with Gasteiger partial charge in [-0.05, 0) is 18.6 Å². The summed E-state index contributed by atoms with van der Waals surface area (Å²) in [6.07, 6.45) is 5.33. The summed E-state index contributed by atoms with van der Waals surface area (Å²) in [6.45, 7) is 6.45. The summed E-state index contributed by atoms with van der Waals surface area (Å²) in [5.41, 5.74) is -2.93. The Morgan fingerprint density at radius 3 is 2.14 bits per heavy atom. The van der Waals surface area contributed by atoms with Crippen LogP contribution in [-0.4, -0.2) is 21.3 Å². The van der Waals surface area contributed by atoms with Gasteiger partial charge in [-0.3, -0.25) is 0 Å². The van der Waals surface area contributed by atoms with Crippen LogP contribution in [0.4, 0.5) is 0 Å². The molecule has 0 rings (SSSR count). The molecule has 0 aromatic heterocycles. The third-order valence-electron chi connectivity index (χ3n) is 2.41. The quantitative estimate of drug-likeness (QED) is 0.524. The van der Waals surface area contributed by atoms with E-state index < -0.39 is 5.69 Å². The van der Waals surface area contributed by atoms with E-state index in [-0.39, 0.29) is 10.1 Å². The van der Waals surface area contributed by atoms with Gasteiger partial charge in [-0.25, -0.2) is 0 Å². The van der Waals surface area contributed by atoms with Crippen molar-refractivity contribution in [3.05, 3.63) is 0 Å². The molecule has 2 N–H and O–H groups in total. The van der Waals surface area contributed by atoms with E-state index in [1.54, 1.807) is 0 Å². The molecule has 0 aromatic carbocycles. The summed E-state index contributed by atoms with van der Waals surface area (Å²) >= 11 is 3.94. The lowest BCUT2D eigenvalue weighted by molar-refractivity contribution is 0.499. The summed E-state index contributed by atoms with van der Waals surface area (Å²) in [4.78, 5) is 19.1. The van der Waals surface area contributed by atoms with Crippen LogP contribution in [0, 0.1) is 5.92 Å². The van der Waals surface area contributed by atoms with Crippen LogP contribution < -0.4 is 0 Å². The number of hydrogen-bond donors (Lipinski definition) is 3. The zero-order valence-electron chi connectivity index (χ0n) is 9.47. The van der Waals surface area contributed by atoms with Crippen molar-refractivity contribution in [1.82, 2.24) is 0 Å².